The Morgan fingerprint density at radius 1 is 1.34 bits per heavy atom. The van der Waals surface area contributed by atoms with Gasteiger partial charge in [-0.15, -0.1) is 16.8 Å². The first-order valence-electron chi connectivity index (χ1n) is 10.2. The molecule has 0 unspecified atom stereocenters. The molecule has 2 aliphatic rings. The van der Waals surface area contributed by atoms with E-state index in [1.807, 2.05) is 49.8 Å². The van der Waals surface area contributed by atoms with Gasteiger partial charge in [0.1, 0.15) is 11.3 Å². The van der Waals surface area contributed by atoms with E-state index in [0.29, 0.717) is 11.7 Å². The zero-order valence-electron chi connectivity index (χ0n) is 17.8. The minimum Gasteiger partial charge on any atom is -0.444 e. The van der Waals surface area contributed by atoms with Gasteiger partial charge in [-0.2, -0.15) is 0 Å². The van der Waals surface area contributed by atoms with Crippen LogP contribution >= 0.6 is 11.6 Å². The second-order valence-corrected chi connectivity index (χ2v) is 9.42. The van der Waals surface area contributed by atoms with Gasteiger partial charge in [-0.05, 0) is 57.9 Å². The van der Waals surface area contributed by atoms with Crippen LogP contribution in [0.2, 0.25) is 5.15 Å². The number of piperidine rings is 1. The molecule has 2 bridgehead atoms. The fourth-order valence-electron chi connectivity index (χ4n) is 4.44. The van der Waals surface area contributed by atoms with Gasteiger partial charge in [0, 0.05) is 31.7 Å². The predicted molar refractivity (Wildman–Crippen MR) is 117 cm³/mol. The van der Waals surface area contributed by atoms with Gasteiger partial charge >= 0.3 is 6.09 Å². The lowest BCUT2D eigenvalue weighted by Gasteiger charge is -2.40. The lowest BCUT2D eigenvalue weighted by molar-refractivity contribution is 0.00492. The molecule has 158 valence electrons. The lowest BCUT2D eigenvalue weighted by Crippen LogP contribution is -2.48. The summed E-state index contributed by atoms with van der Waals surface area (Å²) in [5.41, 5.74) is 2.15. The molecule has 0 aliphatic carbocycles. The highest BCUT2D eigenvalue weighted by Gasteiger charge is 2.45. The average Bonchev–Trinajstić information content (AvgIpc) is 2.90. The van der Waals surface area contributed by atoms with Crippen LogP contribution in [0.4, 0.5) is 10.5 Å². The Morgan fingerprint density at radius 3 is 2.52 bits per heavy atom. The summed E-state index contributed by atoms with van der Waals surface area (Å²) < 4.78 is 5.64. The molecular formula is C22H31ClN4O2. The summed E-state index contributed by atoms with van der Waals surface area (Å²) in [6.45, 7) is 14.6. The number of fused-ring (bicyclic) bond motifs is 2. The molecule has 1 aromatic heterocycles. The highest BCUT2D eigenvalue weighted by Crippen LogP contribution is 2.44. The van der Waals surface area contributed by atoms with Crippen molar-refractivity contribution in [3.05, 3.63) is 36.1 Å². The predicted octanol–water partition coefficient (Wildman–Crippen LogP) is 4.94. The first-order chi connectivity index (χ1) is 13.6. The van der Waals surface area contributed by atoms with Gasteiger partial charge in [0.05, 0.1) is 5.69 Å². The van der Waals surface area contributed by atoms with Crippen LogP contribution in [0.5, 0.6) is 0 Å². The molecule has 3 heterocycles. The lowest BCUT2D eigenvalue weighted by atomic mass is 9.83. The van der Waals surface area contributed by atoms with Crippen LogP contribution in [0.25, 0.3) is 5.57 Å². The third kappa shape index (κ3) is 4.74. The van der Waals surface area contributed by atoms with Crippen molar-refractivity contribution in [1.82, 2.24) is 15.1 Å². The topological polar surface area (TPSA) is 58.6 Å². The zero-order valence-corrected chi connectivity index (χ0v) is 18.6. The molecule has 0 aromatic carbocycles. The minimum absolute atomic E-state index is 0.181. The number of allylic oxidation sites excluding steroid dienone is 1. The van der Waals surface area contributed by atoms with E-state index < -0.39 is 5.60 Å². The molecule has 2 saturated heterocycles. The van der Waals surface area contributed by atoms with E-state index >= 15 is 0 Å². The Kier molecular flexibility index (Phi) is 6.22. The molecular weight excluding hydrogens is 388 g/mol. The van der Waals surface area contributed by atoms with E-state index in [2.05, 4.69) is 23.4 Å². The van der Waals surface area contributed by atoms with E-state index in [1.165, 1.54) is 0 Å². The maximum absolute atomic E-state index is 12.7. The van der Waals surface area contributed by atoms with Crippen molar-refractivity contribution < 1.29 is 9.53 Å². The van der Waals surface area contributed by atoms with Crippen molar-refractivity contribution in [3.63, 3.8) is 0 Å². The average molecular weight is 419 g/mol. The van der Waals surface area contributed by atoms with Gasteiger partial charge in [-0.25, -0.2) is 4.79 Å². The monoisotopic (exact) mass is 418 g/mol. The van der Waals surface area contributed by atoms with Crippen molar-refractivity contribution in [1.29, 1.82) is 0 Å². The summed E-state index contributed by atoms with van der Waals surface area (Å²) in [6, 6.07) is 2.18. The van der Waals surface area contributed by atoms with Crippen LogP contribution < -0.4 is 4.90 Å². The summed E-state index contributed by atoms with van der Waals surface area (Å²) in [7, 11) is 1.97. The first-order valence-corrected chi connectivity index (χ1v) is 10.5. The quantitative estimate of drug-likeness (QED) is 0.633. The zero-order chi connectivity index (χ0) is 21.3. The summed E-state index contributed by atoms with van der Waals surface area (Å²) in [5.74, 6) is 0.248. The van der Waals surface area contributed by atoms with Gasteiger partial charge in [-0.1, -0.05) is 24.3 Å². The molecule has 6 nitrogen and oxygen atoms in total. The van der Waals surface area contributed by atoms with E-state index in [-0.39, 0.29) is 24.1 Å². The molecule has 0 saturated carbocycles. The van der Waals surface area contributed by atoms with Crippen LogP contribution in [0.3, 0.4) is 0 Å². The molecule has 3 atom stereocenters. The van der Waals surface area contributed by atoms with E-state index in [9.17, 15) is 4.79 Å². The summed E-state index contributed by atoms with van der Waals surface area (Å²) in [4.78, 5) is 16.7. The van der Waals surface area contributed by atoms with Crippen molar-refractivity contribution >= 4 is 29.0 Å². The van der Waals surface area contributed by atoms with Crippen LogP contribution in [-0.2, 0) is 4.74 Å². The second kappa shape index (κ2) is 8.34. The third-order valence-corrected chi connectivity index (χ3v) is 5.88. The van der Waals surface area contributed by atoms with Gasteiger partial charge in [0.15, 0.2) is 5.15 Å². The van der Waals surface area contributed by atoms with Crippen LogP contribution in [0, 0.1) is 5.92 Å². The highest BCUT2D eigenvalue weighted by atomic mass is 35.5. The number of ether oxygens (including phenoxy) is 1. The number of nitrogens with zero attached hydrogens (tertiary/aromatic N) is 4. The molecule has 7 heteroatoms. The van der Waals surface area contributed by atoms with Crippen LogP contribution in [0.15, 0.2) is 25.3 Å². The normalized spacial score (nSPS) is 23.6. The SMILES string of the molecule is C=CCN(C)c1cc(Cl)nnc1C(=C)[C@@H]1C[C@H]2CC[C@@H](C1)N2C(=O)OC(C)(C)C. The number of hydrogen-bond acceptors (Lipinski definition) is 5. The Labute approximate surface area is 178 Å². The number of likely N-dealkylation sites (N-methyl/N-ethyl adjacent to an activating group) is 1. The Morgan fingerprint density at radius 2 is 1.97 bits per heavy atom. The maximum Gasteiger partial charge on any atom is 0.410 e. The Hall–Kier alpha value is -2.08. The number of carbonyl (C=O) groups excluding carboxylic acids is 1. The minimum atomic E-state index is -0.486. The number of hydrogen-bond donors (Lipinski definition) is 0. The fraction of sp³-hybridized carbons (Fsp3) is 0.591. The summed E-state index contributed by atoms with van der Waals surface area (Å²) >= 11 is 6.10. The van der Waals surface area contributed by atoms with Crippen molar-refractivity contribution in [2.75, 3.05) is 18.5 Å². The highest BCUT2D eigenvalue weighted by molar-refractivity contribution is 6.29. The third-order valence-electron chi connectivity index (χ3n) is 5.69. The molecule has 2 fully saturated rings. The number of carbonyl (C=O) groups is 1. The molecule has 0 N–H and O–H groups in total. The van der Waals surface area contributed by atoms with E-state index in [4.69, 9.17) is 16.3 Å². The maximum atomic E-state index is 12.7. The Balaban J connectivity index is 1.78. The number of anilines is 1. The molecule has 2 aliphatic heterocycles. The van der Waals surface area contributed by atoms with Gasteiger partial charge in [-0.3, -0.25) is 0 Å². The summed E-state index contributed by atoms with van der Waals surface area (Å²) in [6.07, 6.45) is 5.37. The molecule has 3 rings (SSSR count). The smallest absolute Gasteiger partial charge is 0.410 e. The molecule has 1 aromatic rings. The largest absolute Gasteiger partial charge is 0.444 e. The van der Waals surface area contributed by atoms with E-state index in [1.54, 1.807) is 0 Å². The van der Waals surface area contributed by atoms with E-state index in [0.717, 1.165) is 42.6 Å². The second-order valence-electron chi connectivity index (χ2n) is 9.04. The van der Waals surface area contributed by atoms with Gasteiger partial charge in [0.2, 0.25) is 0 Å². The first kappa shape index (κ1) is 21.6. The number of rotatable bonds is 5. The number of aromatic nitrogens is 2. The van der Waals surface area contributed by atoms with Crippen molar-refractivity contribution in [2.24, 2.45) is 5.92 Å². The van der Waals surface area contributed by atoms with Crippen LogP contribution in [0.1, 0.15) is 52.1 Å². The fourth-order valence-corrected chi connectivity index (χ4v) is 4.58. The standard InChI is InChI=1S/C22H31ClN4O2/c1-7-10-26(6)18-13-19(23)24-25-20(18)14(2)15-11-16-8-9-17(12-15)27(16)21(28)29-22(3,4)5/h7,13,15-17H,1-2,8-12H2,3-6H3/t15-,16-,17+. The van der Waals surface area contributed by atoms with Crippen molar-refractivity contribution in [2.45, 2.75) is 64.1 Å². The van der Waals surface area contributed by atoms with Gasteiger partial charge in [0.25, 0.3) is 0 Å². The van der Waals surface area contributed by atoms with Gasteiger partial charge < -0.3 is 14.5 Å². The summed E-state index contributed by atoms with van der Waals surface area (Å²) in [5, 5.41) is 8.77. The van der Waals surface area contributed by atoms with Crippen LogP contribution in [-0.4, -0.2) is 52.5 Å². The molecule has 0 radical (unpaired) electrons. The molecule has 29 heavy (non-hydrogen) atoms. The molecule has 1 amide bonds. The number of amides is 1. The number of halogens is 1. The Bertz CT molecular complexity index is 790. The molecule has 0 spiro atoms. The van der Waals surface area contributed by atoms with Crippen molar-refractivity contribution in [3.8, 4) is 0 Å².